The van der Waals surface area contributed by atoms with Crippen molar-refractivity contribution in [2.75, 3.05) is 27.3 Å². The third-order valence-electron chi connectivity index (χ3n) is 2.65. The number of esters is 1. The van der Waals surface area contributed by atoms with E-state index in [1.807, 2.05) is 0 Å². The van der Waals surface area contributed by atoms with Crippen molar-refractivity contribution in [1.29, 1.82) is 0 Å². The molecule has 0 aromatic heterocycles. The van der Waals surface area contributed by atoms with Gasteiger partial charge < -0.3 is 14.5 Å². The van der Waals surface area contributed by atoms with E-state index in [-0.39, 0.29) is 5.97 Å². The van der Waals surface area contributed by atoms with Crippen LogP contribution in [-0.4, -0.2) is 41.6 Å². The van der Waals surface area contributed by atoms with Crippen molar-refractivity contribution in [1.82, 2.24) is 5.32 Å². The number of carbonyl (C=O) groups is 1. The normalized spacial score (nSPS) is 11.5. The molecule has 0 fully saturated rings. The number of methoxy groups -OCH3 is 1. The monoisotopic (exact) mass is 247 g/mol. The van der Waals surface area contributed by atoms with Crippen LogP contribution in [0.5, 0.6) is 0 Å². The summed E-state index contributed by atoms with van der Waals surface area (Å²) in [5, 5.41) is 3.32. The van der Waals surface area contributed by atoms with Gasteiger partial charge in [0, 0.05) is 13.5 Å². The number of hydrogen-bond acceptors (Lipinski definition) is 4. The van der Waals surface area contributed by atoms with Gasteiger partial charge in [-0.1, -0.05) is 0 Å². The smallest absolute Gasteiger partial charge is 0.305 e. The summed E-state index contributed by atoms with van der Waals surface area (Å²) < 4.78 is 10.0. The van der Waals surface area contributed by atoms with Crippen LogP contribution in [0.4, 0.5) is 0 Å². The van der Waals surface area contributed by atoms with Gasteiger partial charge in [0.2, 0.25) is 0 Å². The first-order valence-corrected chi connectivity index (χ1v) is 8.96. The molecule has 5 heteroatoms. The molecular weight excluding hydrogens is 222 g/mol. The molecule has 0 amide bonds. The van der Waals surface area contributed by atoms with Crippen LogP contribution in [0.3, 0.4) is 0 Å². The molecule has 0 bridgehead atoms. The molecule has 16 heavy (non-hydrogen) atoms. The third kappa shape index (κ3) is 8.88. The second kappa shape index (κ2) is 8.72. The lowest BCUT2D eigenvalue weighted by atomic mass is 10.3. The zero-order valence-electron chi connectivity index (χ0n) is 11.0. The average molecular weight is 247 g/mol. The van der Waals surface area contributed by atoms with Crippen LogP contribution < -0.4 is 5.32 Å². The van der Waals surface area contributed by atoms with E-state index in [4.69, 9.17) is 4.43 Å². The first-order chi connectivity index (χ1) is 7.52. The summed E-state index contributed by atoms with van der Waals surface area (Å²) in [6, 6.07) is 1.17. The fourth-order valence-electron chi connectivity index (χ4n) is 1.33. The Hall–Kier alpha value is -0.393. The number of carbonyl (C=O) groups excluding carboxylic acids is 1. The third-order valence-corrected chi connectivity index (χ3v) is 5.31. The van der Waals surface area contributed by atoms with E-state index in [1.165, 1.54) is 13.2 Å². The first kappa shape index (κ1) is 15.6. The lowest BCUT2D eigenvalue weighted by molar-refractivity contribution is -0.140. The van der Waals surface area contributed by atoms with Crippen molar-refractivity contribution < 1.29 is 14.0 Å². The number of nitrogens with one attached hydrogen (secondary N) is 1. The minimum absolute atomic E-state index is 0.130. The van der Waals surface area contributed by atoms with E-state index < -0.39 is 8.32 Å². The summed E-state index contributed by atoms with van der Waals surface area (Å²) in [6.07, 6.45) is 2.49. The lowest BCUT2D eigenvalue weighted by Gasteiger charge is -2.19. The van der Waals surface area contributed by atoms with Crippen LogP contribution in [-0.2, 0) is 14.0 Å². The van der Waals surface area contributed by atoms with E-state index in [0.29, 0.717) is 6.42 Å². The van der Waals surface area contributed by atoms with Gasteiger partial charge in [-0.2, -0.15) is 0 Å². The lowest BCUT2D eigenvalue weighted by Crippen LogP contribution is -2.29. The van der Waals surface area contributed by atoms with Gasteiger partial charge in [-0.3, -0.25) is 4.79 Å². The predicted molar refractivity (Wildman–Crippen MR) is 68.0 cm³/mol. The maximum Gasteiger partial charge on any atom is 0.305 e. The highest BCUT2D eigenvalue weighted by Crippen LogP contribution is 2.11. The zero-order valence-corrected chi connectivity index (χ0v) is 12.0. The Morgan fingerprint density at radius 1 is 1.19 bits per heavy atom. The molecule has 0 rings (SSSR count). The summed E-state index contributed by atoms with van der Waals surface area (Å²) in [6.45, 7) is 6.33. The number of hydrogen-bond donors (Lipinski definition) is 1. The van der Waals surface area contributed by atoms with Crippen LogP contribution in [0.1, 0.15) is 19.3 Å². The molecule has 0 atom stereocenters. The Labute approximate surface area is 99.8 Å². The van der Waals surface area contributed by atoms with E-state index in [2.05, 4.69) is 23.1 Å². The van der Waals surface area contributed by atoms with Gasteiger partial charge in [0.1, 0.15) is 0 Å². The minimum atomic E-state index is -1.38. The molecule has 0 radical (unpaired) electrons. The molecule has 0 unspecified atom stereocenters. The fourth-order valence-corrected chi connectivity index (χ4v) is 2.56. The van der Waals surface area contributed by atoms with Gasteiger partial charge in [0.15, 0.2) is 8.32 Å². The molecule has 0 aromatic rings. The molecule has 0 aliphatic carbocycles. The summed E-state index contributed by atoms with van der Waals surface area (Å²) in [7, 11) is 1.84. The second-order valence-electron chi connectivity index (χ2n) is 4.50. The maximum absolute atomic E-state index is 10.8. The zero-order chi connectivity index (χ0) is 12.4. The van der Waals surface area contributed by atoms with Crippen molar-refractivity contribution in [2.24, 2.45) is 0 Å². The van der Waals surface area contributed by atoms with E-state index in [9.17, 15) is 4.79 Å². The Morgan fingerprint density at radius 3 is 2.38 bits per heavy atom. The van der Waals surface area contributed by atoms with Gasteiger partial charge in [-0.05, 0) is 45.1 Å². The highest BCUT2D eigenvalue weighted by Gasteiger charge is 2.19. The molecule has 96 valence electrons. The van der Waals surface area contributed by atoms with E-state index in [0.717, 1.165) is 25.9 Å². The molecule has 0 heterocycles. The van der Waals surface area contributed by atoms with Gasteiger partial charge >= 0.3 is 5.97 Å². The van der Waals surface area contributed by atoms with Crippen molar-refractivity contribution in [3.05, 3.63) is 0 Å². The van der Waals surface area contributed by atoms with Crippen LogP contribution >= 0.6 is 0 Å². The van der Waals surface area contributed by atoms with E-state index >= 15 is 0 Å². The Balaban J connectivity index is 3.25. The molecule has 0 aliphatic rings. The number of ether oxygens (including phenoxy) is 1. The van der Waals surface area contributed by atoms with Crippen LogP contribution in [0.25, 0.3) is 0 Å². The quantitative estimate of drug-likeness (QED) is 0.383. The first-order valence-electron chi connectivity index (χ1n) is 5.84. The maximum atomic E-state index is 10.8. The highest BCUT2D eigenvalue weighted by molar-refractivity contribution is 6.71. The number of rotatable bonds is 9. The molecule has 0 aromatic carbocycles. The SMILES string of the molecule is COC(=O)CCCNCCC[Si](C)(C)OC. The van der Waals surface area contributed by atoms with E-state index in [1.54, 1.807) is 7.11 Å². The predicted octanol–water partition coefficient (Wildman–Crippen LogP) is 1.77. The van der Waals surface area contributed by atoms with Gasteiger partial charge in [0.25, 0.3) is 0 Å². The summed E-state index contributed by atoms with van der Waals surface area (Å²) >= 11 is 0. The topological polar surface area (TPSA) is 47.6 Å². The summed E-state index contributed by atoms with van der Waals surface area (Å²) in [4.78, 5) is 10.8. The fraction of sp³-hybridized carbons (Fsp3) is 0.909. The molecule has 4 nitrogen and oxygen atoms in total. The van der Waals surface area contributed by atoms with Crippen molar-refractivity contribution in [2.45, 2.75) is 38.4 Å². The Morgan fingerprint density at radius 2 is 1.81 bits per heavy atom. The molecule has 0 saturated carbocycles. The largest absolute Gasteiger partial charge is 0.469 e. The molecule has 0 saturated heterocycles. The standard InChI is InChI=1S/C11H25NO3Si/c1-14-11(13)7-5-8-12-9-6-10-16(3,4)15-2/h12H,5-10H2,1-4H3. The van der Waals surface area contributed by atoms with Crippen molar-refractivity contribution in [3.8, 4) is 0 Å². The Kier molecular flexibility index (Phi) is 8.51. The molecule has 0 aliphatic heterocycles. The summed E-state index contributed by atoms with van der Waals surface area (Å²) in [5.41, 5.74) is 0. The molecule has 0 spiro atoms. The molecular formula is C11H25NO3Si. The second-order valence-corrected chi connectivity index (χ2v) is 8.92. The Bertz CT molecular complexity index is 198. The van der Waals surface area contributed by atoms with Crippen molar-refractivity contribution in [3.63, 3.8) is 0 Å². The van der Waals surface area contributed by atoms with Crippen LogP contribution in [0.2, 0.25) is 19.1 Å². The van der Waals surface area contributed by atoms with Gasteiger partial charge in [-0.15, -0.1) is 0 Å². The van der Waals surface area contributed by atoms with Crippen LogP contribution in [0.15, 0.2) is 0 Å². The molecule has 1 N–H and O–H groups in total. The summed E-state index contributed by atoms with van der Waals surface area (Å²) in [5.74, 6) is -0.130. The van der Waals surface area contributed by atoms with Gasteiger partial charge in [0.05, 0.1) is 7.11 Å². The highest BCUT2D eigenvalue weighted by atomic mass is 28.4. The van der Waals surface area contributed by atoms with Crippen LogP contribution in [0, 0.1) is 0 Å². The van der Waals surface area contributed by atoms with Gasteiger partial charge in [-0.25, -0.2) is 0 Å². The average Bonchev–Trinajstić information content (AvgIpc) is 2.27. The van der Waals surface area contributed by atoms with Crippen molar-refractivity contribution >= 4 is 14.3 Å². The minimum Gasteiger partial charge on any atom is -0.469 e.